The number of nitrogens with zero attached hydrogens (tertiary/aromatic N) is 4. The number of amides is 2. The summed E-state index contributed by atoms with van der Waals surface area (Å²) >= 11 is 11.2. The molecule has 1 aliphatic rings. The van der Waals surface area contributed by atoms with Gasteiger partial charge in [0.15, 0.2) is 0 Å². The molecule has 0 unspecified atom stereocenters. The topological polar surface area (TPSA) is 281 Å². The van der Waals surface area contributed by atoms with E-state index in [1.54, 1.807) is 99.0 Å². The second-order valence-electron chi connectivity index (χ2n) is 12.0. The quantitative estimate of drug-likeness (QED) is 0.0395. The lowest BCUT2D eigenvalue weighted by atomic mass is 10.3. The number of halogens is 5. The van der Waals surface area contributed by atoms with Gasteiger partial charge in [0, 0.05) is 101 Å². The van der Waals surface area contributed by atoms with Gasteiger partial charge in [-0.1, -0.05) is 29.3 Å². The summed E-state index contributed by atoms with van der Waals surface area (Å²) in [6.45, 7) is 2.00. The summed E-state index contributed by atoms with van der Waals surface area (Å²) < 4.78 is 24.1. The van der Waals surface area contributed by atoms with Gasteiger partial charge in [0.25, 0.3) is 11.8 Å². The molecule has 0 spiro atoms. The Bertz CT molecular complexity index is 2300. The number of aromatic carboxylic acids is 1. The number of phenolic OH excluding ortho intramolecular Hbond substituents is 1. The zero-order valence-electron chi connectivity index (χ0n) is 35.9. The summed E-state index contributed by atoms with van der Waals surface area (Å²) in [5, 5.41) is 23.0. The number of benzene rings is 2. The van der Waals surface area contributed by atoms with Crippen molar-refractivity contribution < 1.29 is 47.8 Å². The molecule has 1 saturated heterocycles. The first-order valence-electron chi connectivity index (χ1n) is 18.7. The van der Waals surface area contributed by atoms with Gasteiger partial charge in [0.2, 0.25) is 9.23 Å². The van der Waals surface area contributed by atoms with Crippen molar-refractivity contribution in [3.63, 3.8) is 0 Å². The minimum Gasteiger partial charge on any atom is -0.508 e. The molecule has 0 radical (unpaired) electrons. The molecule has 7 rings (SSSR count). The number of aromatic nitrogens is 4. The highest BCUT2D eigenvalue weighted by Crippen LogP contribution is 2.22. The van der Waals surface area contributed by atoms with Crippen LogP contribution >= 0.6 is 57.0 Å². The summed E-state index contributed by atoms with van der Waals surface area (Å²) in [6.07, 6.45) is 8.47. The fraction of sp³-hybridized carbons (Fsp3) is 0.163. The number of hydrogen-bond donors (Lipinski definition) is 6. The van der Waals surface area contributed by atoms with Crippen molar-refractivity contribution in [2.45, 2.75) is 12.8 Å². The van der Waals surface area contributed by atoms with Crippen LogP contribution in [0.4, 0.5) is 11.4 Å². The predicted octanol–water partition coefficient (Wildman–Crippen LogP) is 8.45. The number of nitrogen functional groups attached to an aromatic ring is 2. The molecular formula is C43H47Cl5N8O10S. The number of nitrogens with one attached hydrogen (secondary N) is 2. The summed E-state index contributed by atoms with van der Waals surface area (Å²) in [5.74, 6) is -0.501. The van der Waals surface area contributed by atoms with E-state index < -0.39 is 21.2 Å². The van der Waals surface area contributed by atoms with Gasteiger partial charge in [-0.15, -0.1) is 12.4 Å². The van der Waals surface area contributed by atoms with E-state index in [0.29, 0.717) is 44.3 Å². The van der Waals surface area contributed by atoms with Gasteiger partial charge < -0.3 is 46.5 Å². The Morgan fingerprint density at radius 2 is 1.10 bits per heavy atom. The van der Waals surface area contributed by atoms with Crippen molar-refractivity contribution in [3.05, 3.63) is 161 Å². The molecule has 8 N–H and O–H groups in total. The van der Waals surface area contributed by atoms with Crippen LogP contribution in [0.1, 0.15) is 54.8 Å². The Labute approximate surface area is 414 Å². The Balaban J connectivity index is 0.000000792. The number of phenols is 1. The van der Waals surface area contributed by atoms with Gasteiger partial charge in [0.05, 0.1) is 7.11 Å². The van der Waals surface area contributed by atoms with Crippen molar-refractivity contribution in [2.75, 3.05) is 45.9 Å². The van der Waals surface area contributed by atoms with Crippen LogP contribution in [-0.2, 0) is 18.7 Å². The SMILES string of the molecule is C1CCOC1.CNC(=O)c1cc(Cl)ccn1.CNC(=O)c1cc(Oc2ccc(N)cc2)ccn1.COC(=O)c1cc(Cl)ccn1.Cl.Nc1ccc(O)cc1.O=C(O)c1ccccn1.O=S(Cl)Cl. The van der Waals surface area contributed by atoms with Gasteiger partial charge >= 0.3 is 11.9 Å². The molecule has 18 nitrogen and oxygen atoms in total. The number of carbonyl (C=O) groups is 4. The number of ether oxygens (including phenoxy) is 3. The number of carboxylic acids is 1. The van der Waals surface area contributed by atoms with Crippen LogP contribution in [0.3, 0.4) is 0 Å². The van der Waals surface area contributed by atoms with E-state index >= 15 is 0 Å². The van der Waals surface area contributed by atoms with Gasteiger partial charge in [-0.3, -0.25) is 19.6 Å². The van der Waals surface area contributed by atoms with Gasteiger partial charge in [-0.2, -0.15) is 0 Å². The number of rotatable bonds is 6. The number of anilines is 2. The van der Waals surface area contributed by atoms with Gasteiger partial charge in [-0.05, 0) is 104 Å². The molecule has 24 heteroatoms. The highest BCUT2D eigenvalue weighted by atomic mass is 36.0. The average Bonchev–Trinajstić information content (AvgIpc) is 3.92. The van der Waals surface area contributed by atoms with E-state index in [-0.39, 0.29) is 41.4 Å². The third kappa shape index (κ3) is 29.0. The summed E-state index contributed by atoms with van der Waals surface area (Å²) in [5.41, 5.74) is 13.2. The van der Waals surface area contributed by atoms with Crippen molar-refractivity contribution in [1.29, 1.82) is 0 Å². The number of pyridine rings is 4. The van der Waals surface area contributed by atoms with Gasteiger partial charge in [0.1, 0.15) is 40.0 Å². The van der Waals surface area contributed by atoms with E-state index in [0.717, 1.165) is 13.2 Å². The number of esters is 1. The highest BCUT2D eigenvalue weighted by Gasteiger charge is 2.08. The number of carboxylic acid groups (broad SMARTS) is 1. The maximum absolute atomic E-state index is 11.4. The molecule has 2 aromatic carbocycles. The first kappa shape index (κ1) is 60.7. The molecule has 6 aromatic rings. The minimum absolute atomic E-state index is 0. The smallest absolute Gasteiger partial charge is 0.356 e. The fourth-order valence-corrected chi connectivity index (χ4v) is 4.47. The van der Waals surface area contributed by atoms with Crippen molar-refractivity contribution in [1.82, 2.24) is 30.6 Å². The number of methoxy groups -OCH3 is 1. The zero-order valence-corrected chi connectivity index (χ0v) is 40.5. The van der Waals surface area contributed by atoms with Crippen molar-refractivity contribution >= 4 is 101 Å². The second kappa shape index (κ2) is 35.9. The van der Waals surface area contributed by atoms with Crippen LogP contribution in [-0.4, -0.2) is 92.5 Å². The molecule has 5 heterocycles. The van der Waals surface area contributed by atoms with Crippen molar-refractivity contribution in [2.24, 2.45) is 0 Å². The van der Waals surface area contributed by atoms with Crippen molar-refractivity contribution in [3.8, 4) is 17.2 Å². The summed E-state index contributed by atoms with van der Waals surface area (Å²) in [4.78, 5) is 58.4. The third-order valence-electron chi connectivity index (χ3n) is 7.21. The summed E-state index contributed by atoms with van der Waals surface area (Å²) in [6, 6.07) is 27.6. The van der Waals surface area contributed by atoms with E-state index in [9.17, 15) is 19.2 Å². The Morgan fingerprint density at radius 3 is 1.49 bits per heavy atom. The second-order valence-corrected chi connectivity index (χ2v) is 15.4. The monoisotopic (exact) mass is 1040 g/mol. The molecule has 4 aromatic heterocycles. The molecule has 2 amide bonds. The van der Waals surface area contributed by atoms with E-state index in [1.807, 2.05) is 0 Å². The first-order valence-corrected chi connectivity index (χ1v) is 22.3. The van der Waals surface area contributed by atoms with Crippen LogP contribution < -0.4 is 26.8 Å². The van der Waals surface area contributed by atoms with E-state index in [2.05, 4.69) is 56.7 Å². The molecule has 0 bridgehead atoms. The Morgan fingerprint density at radius 1 is 0.657 bits per heavy atom. The lowest BCUT2D eigenvalue weighted by Gasteiger charge is -2.06. The Kier molecular flexibility index (Phi) is 32.5. The maximum Gasteiger partial charge on any atom is 0.356 e. The molecule has 0 saturated carbocycles. The molecule has 0 aliphatic carbocycles. The predicted molar refractivity (Wildman–Crippen MR) is 263 cm³/mol. The third-order valence-corrected chi connectivity index (χ3v) is 7.68. The van der Waals surface area contributed by atoms with Crippen LogP contribution in [0.15, 0.2) is 128 Å². The highest BCUT2D eigenvalue weighted by molar-refractivity contribution is 8.26. The normalized spacial score (nSPS) is 10.3. The molecular weight excluding hydrogens is 998 g/mol. The lowest BCUT2D eigenvalue weighted by Crippen LogP contribution is -2.18. The average molecular weight is 1050 g/mol. The maximum atomic E-state index is 11.4. The van der Waals surface area contributed by atoms with Crippen LogP contribution in [0.5, 0.6) is 17.2 Å². The van der Waals surface area contributed by atoms with Crippen LogP contribution in [0.25, 0.3) is 0 Å². The Hall–Kier alpha value is -6.32. The molecule has 0 atom stereocenters. The first-order chi connectivity index (χ1) is 31.5. The largest absolute Gasteiger partial charge is 0.508 e. The van der Waals surface area contributed by atoms with Crippen LogP contribution in [0, 0.1) is 0 Å². The number of hydrogen-bond acceptors (Lipinski definition) is 15. The zero-order chi connectivity index (χ0) is 49.3. The number of aromatic hydroxyl groups is 1. The molecule has 1 aliphatic heterocycles. The molecule has 67 heavy (non-hydrogen) atoms. The fourth-order valence-electron chi connectivity index (χ4n) is 4.15. The van der Waals surface area contributed by atoms with E-state index in [1.165, 1.54) is 62.9 Å². The van der Waals surface area contributed by atoms with E-state index in [4.69, 9.17) is 58.6 Å². The number of carbonyl (C=O) groups excluding carboxylic acids is 3. The minimum atomic E-state index is -1.67. The number of nitrogens with two attached hydrogens (primary N) is 2. The molecule has 360 valence electrons. The van der Waals surface area contributed by atoms with Gasteiger partial charge in [-0.25, -0.2) is 23.8 Å². The molecule has 1 fully saturated rings. The lowest BCUT2D eigenvalue weighted by molar-refractivity contribution is 0.0592. The van der Waals surface area contributed by atoms with Crippen LogP contribution in [0.2, 0.25) is 10.0 Å². The standard InChI is InChI=1S/C13H13N3O2.C7H7ClN2O.C7H6ClNO2.C6H5NO2.C6H7NO.C4H8O.Cl2OS.ClH/c1-15-13(17)12-8-11(6-7-16-12)18-10-4-2-9(14)3-5-10;1-9-7(11)6-4-5(8)2-3-10-6;1-11-7(10)6-4-5(8)2-3-9-6;8-6(9)5-3-1-2-4-7-5;7-5-1-3-6(8)4-2-5;1-2-4-5-3-1;1-4(2)3;/h2-8H,14H2,1H3,(H,15,17);2-4H,1H3,(H,9,11);2-4H,1H3;1-4H,(H,8,9);1-4,8H,7H2;1-4H2;;1H. The summed E-state index contributed by atoms with van der Waals surface area (Å²) in [7, 11) is 11.8.